The summed E-state index contributed by atoms with van der Waals surface area (Å²) in [5.74, 6) is 2.89. The predicted octanol–water partition coefficient (Wildman–Crippen LogP) is 13.3. The van der Waals surface area contributed by atoms with Gasteiger partial charge in [0.2, 0.25) is 0 Å². The zero-order valence-electron chi connectivity index (χ0n) is 30.6. The van der Waals surface area contributed by atoms with Crippen LogP contribution in [0.5, 0.6) is 0 Å². The van der Waals surface area contributed by atoms with Crippen molar-refractivity contribution in [1.82, 2.24) is 15.0 Å². The Bertz CT molecular complexity index is 3200. The highest BCUT2D eigenvalue weighted by Crippen LogP contribution is 2.54. The van der Waals surface area contributed by atoms with Gasteiger partial charge in [-0.25, -0.2) is 15.0 Å². The Labute approximate surface area is 332 Å². The second-order valence-corrected chi connectivity index (χ2v) is 15.8. The Hall–Kier alpha value is -7.15. The van der Waals surface area contributed by atoms with Crippen molar-refractivity contribution in [2.24, 2.45) is 0 Å². The summed E-state index contributed by atoms with van der Waals surface area (Å²) in [4.78, 5) is 17.8. The molecule has 0 radical (unpaired) electrons. The summed E-state index contributed by atoms with van der Waals surface area (Å²) >= 11 is 1.80. The first kappa shape index (κ1) is 32.1. The first-order valence-corrected chi connectivity index (χ1v) is 20.1. The van der Waals surface area contributed by atoms with Gasteiger partial charge in [-0.1, -0.05) is 127 Å². The minimum Gasteiger partial charge on any atom is -0.456 e. The molecule has 0 saturated carbocycles. The molecular weight excluding hydrogens is 717 g/mol. The van der Waals surface area contributed by atoms with Gasteiger partial charge in [-0.15, -0.1) is 11.3 Å². The van der Waals surface area contributed by atoms with Gasteiger partial charge < -0.3 is 9.32 Å². The van der Waals surface area contributed by atoms with Gasteiger partial charge >= 0.3 is 0 Å². The Kier molecular flexibility index (Phi) is 7.16. The molecular formula is C51H32N4OS. The summed E-state index contributed by atoms with van der Waals surface area (Å²) in [7, 11) is 0. The lowest BCUT2D eigenvalue weighted by Gasteiger charge is -2.30. The minimum absolute atomic E-state index is 0.0772. The van der Waals surface area contributed by atoms with Crippen molar-refractivity contribution in [3.63, 3.8) is 0 Å². The molecule has 0 fully saturated rings. The number of nitrogens with zero attached hydrogens (tertiary/aromatic N) is 4. The van der Waals surface area contributed by atoms with E-state index in [-0.39, 0.29) is 12.0 Å². The Morgan fingerprint density at radius 1 is 0.491 bits per heavy atom. The molecule has 0 N–H and O–H groups in total. The van der Waals surface area contributed by atoms with E-state index in [0.717, 1.165) is 39.1 Å². The van der Waals surface area contributed by atoms with Crippen LogP contribution in [0.15, 0.2) is 180 Å². The van der Waals surface area contributed by atoms with E-state index in [1.165, 1.54) is 48.1 Å². The van der Waals surface area contributed by atoms with Crippen molar-refractivity contribution < 1.29 is 4.42 Å². The third kappa shape index (κ3) is 5.18. The van der Waals surface area contributed by atoms with Crippen LogP contribution in [-0.2, 0) is 0 Å². The molecule has 7 aromatic carbocycles. The summed E-state index contributed by atoms with van der Waals surface area (Å²) in [6.07, 6.45) is 4.46. The summed E-state index contributed by atoms with van der Waals surface area (Å²) in [5, 5.41) is 3.59. The lowest BCUT2D eigenvalue weighted by molar-refractivity contribution is 0.584. The summed E-state index contributed by atoms with van der Waals surface area (Å²) in [6.45, 7) is 0. The highest BCUT2D eigenvalue weighted by Gasteiger charge is 2.43. The van der Waals surface area contributed by atoms with E-state index >= 15 is 0 Å². The highest BCUT2D eigenvalue weighted by atomic mass is 32.1. The topological polar surface area (TPSA) is 55.1 Å². The number of thiophene rings is 1. The minimum atomic E-state index is 0.0772. The molecule has 0 saturated heterocycles. The van der Waals surface area contributed by atoms with Crippen molar-refractivity contribution >= 4 is 59.9 Å². The van der Waals surface area contributed by atoms with Crippen LogP contribution in [0, 0.1) is 0 Å². The van der Waals surface area contributed by atoms with Crippen LogP contribution in [-0.4, -0.2) is 21.0 Å². The number of hydrogen-bond acceptors (Lipinski definition) is 6. The molecule has 5 nitrogen and oxygen atoms in total. The lowest BCUT2D eigenvalue weighted by atomic mass is 9.82. The molecule has 6 heteroatoms. The third-order valence-electron chi connectivity index (χ3n) is 11.5. The maximum atomic E-state index is 6.60. The molecule has 0 amide bonds. The quantitative estimate of drug-likeness (QED) is 0.175. The van der Waals surface area contributed by atoms with Crippen molar-refractivity contribution in [1.29, 1.82) is 0 Å². The molecule has 268 valence electrons. The zero-order chi connectivity index (χ0) is 37.5. The molecule has 2 aliphatic rings. The fraction of sp³-hybridized carbons (Fsp3) is 0.0392. The van der Waals surface area contributed by atoms with E-state index in [4.69, 9.17) is 19.4 Å². The van der Waals surface area contributed by atoms with Crippen molar-refractivity contribution in [3.8, 4) is 45.3 Å². The van der Waals surface area contributed by atoms with Gasteiger partial charge in [0.1, 0.15) is 11.3 Å². The molecule has 0 bridgehead atoms. The maximum absolute atomic E-state index is 6.60. The van der Waals surface area contributed by atoms with E-state index in [0.29, 0.717) is 17.5 Å². The molecule has 2 atom stereocenters. The monoisotopic (exact) mass is 748 g/mol. The molecule has 12 rings (SSSR count). The predicted molar refractivity (Wildman–Crippen MR) is 234 cm³/mol. The molecule has 0 spiro atoms. The van der Waals surface area contributed by atoms with Gasteiger partial charge in [0.15, 0.2) is 17.5 Å². The summed E-state index contributed by atoms with van der Waals surface area (Å²) in [6, 6.07) is 60.0. The fourth-order valence-electron chi connectivity index (χ4n) is 8.86. The second kappa shape index (κ2) is 12.7. The normalized spacial score (nSPS) is 15.6. The number of para-hydroxylation sites is 1. The number of furan rings is 1. The van der Waals surface area contributed by atoms with E-state index in [1.54, 1.807) is 11.3 Å². The molecule has 3 aromatic heterocycles. The Morgan fingerprint density at radius 2 is 1.11 bits per heavy atom. The van der Waals surface area contributed by atoms with Crippen molar-refractivity contribution in [2.75, 3.05) is 4.90 Å². The summed E-state index contributed by atoms with van der Waals surface area (Å²) < 4.78 is 9.09. The molecule has 4 heterocycles. The molecule has 2 unspecified atom stereocenters. The number of hydrogen-bond donors (Lipinski definition) is 0. The van der Waals surface area contributed by atoms with Crippen LogP contribution in [0.25, 0.3) is 82.5 Å². The van der Waals surface area contributed by atoms with Gasteiger partial charge in [0.25, 0.3) is 0 Å². The first-order chi connectivity index (χ1) is 28.2. The first-order valence-electron chi connectivity index (χ1n) is 19.3. The molecule has 57 heavy (non-hydrogen) atoms. The van der Waals surface area contributed by atoms with Gasteiger partial charge in [0, 0.05) is 65.1 Å². The largest absolute Gasteiger partial charge is 0.456 e. The SMILES string of the molecule is C1=CC2C(c3ccccc3N2c2ccc(-c3ccccc3)cc2)c2c1oc1ccc(-c3nc(-c4ccccc4)nc(-c4ccc5c(c4)sc4ccccc45)n3)cc21. The van der Waals surface area contributed by atoms with E-state index in [2.05, 4.69) is 169 Å². The van der Waals surface area contributed by atoms with Crippen molar-refractivity contribution in [3.05, 3.63) is 193 Å². The number of benzene rings is 7. The van der Waals surface area contributed by atoms with Gasteiger partial charge in [-0.2, -0.15) is 0 Å². The molecule has 1 aliphatic carbocycles. The van der Waals surface area contributed by atoms with Gasteiger partial charge in [0.05, 0.1) is 6.04 Å². The standard InChI is InChI=1S/C51H32N4OS/c1-3-11-31(12-4-1)32-19-23-36(24-20-32)55-41-17-9-7-16-39(41)47-42(55)26-28-44-48(47)40-29-34(22-27-43(40)56-44)50-52-49(33-13-5-2-6-14-33)53-51(54-50)35-21-25-38-37-15-8-10-18-45(37)57-46(38)30-35/h1-30,42,47H. The van der Waals surface area contributed by atoms with Crippen LogP contribution in [0.4, 0.5) is 11.4 Å². The number of rotatable bonds is 5. The van der Waals surface area contributed by atoms with E-state index in [1.807, 2.05) is 18.2 Å². The number of fused-ring (bicyclic) bond motifs is 10. The Balaban J connectivity index is 0.978. The average Bonchev–Trinajstić information content (AvgIpc) is 3.95. The van der Waals surface area contributed by atoms with Gasteiger partial charge in [-0.05, 0) is 71.3 Å². The summed E-state index contributed by atoms with van der Waals surface area (Å²) in [5.41, 5.74) is 11.0. The number of aromatic nitrogens is 3. The lowest BCUT2D eigenvalue weighted by Crippen LogP contribution is -2.30. The molecule has 10 aromatic rings. The molecule has 1 aliphatic heterocycles. The zero-order valence-corrected chi connectivity index (χ0v) is 31.4. The van der Waals surface area contributed by atoms with Crippen LogP contribution < -0.4 is 4.90 Å². The smallest absolute Gasteiger partial charge is 0.164 e. The van der Waals surface area contributed by atoms with E-state index in [9.17, 15) is 0 Å². The number of anilines is 2. The van der Waals surface area contributed by atoms with Crippen LogP contribution in [0.2, 0.25) is 0 Å². The van der Waals surface area contributed by atoms with Crippen LogP contribution in [0.3, 0.4) is 0 Å². The van der Waals surface area contributed by atoms with E-state index < -0.39 is 0 Å². The third-order valence-corrected chi connectivity index (χ3v) is 12.6. The van der Waals surface area contributed by atoms with Crippen molar-refractivity contribution in [2.45, 2.75) is 12.0 Å². The fourth-order valence-corrected chi connectivity index (χ4v) is 10.0. The highest BCUT2D eigenvalue weighted by molar-refractivity contribution is 7.25. The van der Waals surface area contributed by atoms with Crippen LogP contribution >= 0.6 is 11.3 Å². The maximum Gasteiger partial charge on any atom is 0.164 e. The Morgan fingerprint density at radius 3 is 1.91 bits per heavy atom. The van der Waals surface area contributed by atoms with Crippen LogP contribution in [0.1, 0.15) is 22.8 Å². The van der Waals surface area contributed by atoms with Gasteiger partial charge in [-0.3, -0.25) is 0 Å². The second-order valence-electron chi connectivity index (χ2n) is 14.7. The average molecular weight is 749 g/mol.